The van der Waals surface area contributed by atoms with E-state index in [4.69, 9.17) is 24.3 Å². The Labute approximate surface area is 552 Å². The molecule has 0 aliphatic heterocycles. The van der Waals surface area contributed by atoms with E-state index in [1.807, 2.05) is 0 Å². The van der Waals surface area contributed by atoms with E-state index < -0.39 is 26.5 Å². The fourth-order valence-corrected chi connectivity index (χ4v) is 12.5. The number of carbonyl (C=O) groups excluding carboxylic acids is 2. The summed E-state index contributed by atoms with van der Waals surface area (Å²) in [6, 6.07) is 0. The van der Waals surface area contributed by atoms with Gasteiger partial charge in [0.25, 0.3) is 0 Å². The maximum absolute atomic E-state index is 12.8. The first kappa shape index (κ1) is 86.7. The van der Waals surface area contributed by atoms with Crippen molar-refractivity contribution in [2.45, 2.75) is 405 Å². The number of allylic oxidation sites excluding steroid dienone is 10. The summed E-state index contributed by atoms with van der Waals surface area (Å²) < 4.78 is 33.2. The van der Waals surface area contributed by atoms with Gasteiger partial charge in [0.05, 0.1) is 13.2 Å². The van der Waals surface area contributed by atoms with Crippen LogP contribution in [0.5, 0.6) is 0 Å². The Morgan fingerprint density at radius 3 is 0.921 bits per heavy atom. The van der Waals surface area contributed by atoms with Crippen LogP contribution in [-0.2, 0) is 32.7 Å². The lowest BCUT2D eigenvalue weighted by molar-refractivity contribution is -0.161. The molecule has 0 rings (SSSR count). The molecule has 0 saturated carbocycles. The fourth-order valence-electron chi connectivity index (χ4n) is 11.7. The van der Waals surface area contributed by atoms with Crippen LogP contribution in [0.1, 0.15) is 399 Å². The van der Waals surface area contributed by atoms with Crippen molar-refractivity contribution >= 4 is 19.8 Å². The zero-order chi connectivity index (χ0) is 64.4. The molecule has 0 heterocycles. The van der Waals surface area contributed by atoms with Crippen molar-refractivity contribution in [1.82, 2.24) is 0 Å². The highest BCUT2D eigenvalue weighted by Gasteiger charge is 2.26. The van der Waals surface area contributed by atoms with Crippen LogP contribution >= 0.6 is 7.82 Å². The van der Waals surface area contributed by atoms with Gasteiger partial charge in [-0.25, -0.2) is 4.57 Å². The highest BCUT2D eigenvalue weighted by Crippen LogP contribution is 2.43. The van der Waals surface area contributed by atoms with Crippen molar-refractivity contribution in [2.75, 3.05) is 26.4 Å². The quantitative estimate of drug-likeness (QED) is 0.0264. The summed E-state index contributed by atoms with van der Waals surface area (Å²) in [6.45, 7) is 3.69. The third kappa shape index (κ3) is 74.6. The summed E-state index contributed by atoms with van der Waals surface area (Å²) in [6.07, 6.45) is 97.9. The molecule has 522 valence electrons. The lowest BCUT2D eigenvalue weighted by Crippen LogP contribution is -2.29. The zero-order valence-corrected chi connectivity index (χ0v) is 59.8. The molecule has 0 saturated heterocycles. The zero-order valence-electron chi connectivity index (χ0n) is 58.9. The standard InChI is InChI=1S/C79H148NO8P/c1-3-5-7-9-11-13-15-17-19-21-23-25-27-29-31-32-33-34-35-36-37-38-39-40-41-42-43-44-46-47-49-51-53-55-57-59-61-63-65-67-69-71-78(81)85-75-77(76-87-89(83,84)86-74-73-80)88-79(82)72-70-68-66-64-62-60-58-56-54-52-50-48-45-30-28-26-24-22-20-18-16-14-12-10-8-6-4-2/h6,8,12,14,18,20,24,26,30,45,77H,3-5,7,9-11,13,15-17,19,21-23,25,27-29,31-44,46-76,80H2,1-2H3,(H,83,84)/b8-6-,14-12-,20-18-,26-24-,45-30-. The van der Waals surface area contributed by atoms with E-state index in [0.29, 0.717) is 6.42 Å². The first-order valence-electron chi connectivity index (χ1n) is 38.8. The van der Waals surface area contributed by atoms with Gasteiger partial charge in [-0.05, 0) is 57.8 Å². The number of nitrogens with two attached hydrogens (primary N) is 1. The highest BCUT2D eigenvalue weighted by atomic mass is 31.2. The SMILES string of the molecule is CC/C=C\C/C=C\C/C=C\C/C=C\C/C=C\CCCCCCCCCCCCCC(=O)OC(COC(=O)CCCCCCCCCCCCCCCCCCCCCCCCCCCCCCCCCCCCCCCCCCC)COP(=O)(O)OCCN. The van der Waals surface area contributed by atoms with Crippen LogP contribution < -0.4 is 5.73 Å². The molecule has 0 fully saturated rings. The number of hydrogen-bond acceptors (Lipinski definition) is 8. The van der Waals surface area contributed by atoms with E-state index in [0.717, 1.165) is 77.0 Å². The van der Waals surface area contributed by atoms with Gasteiger partial charge in [-0.1, -0.05) is 389 Å². The summed E-state index contributed by atoms with van der Waals surface area (Å²) in [7, 11) is -4.40. The van der Waals surface area contributed by atoms with Crippen molar-refractivity contribution < 1.29 is 37.6 Å². The van der Waals surface area contributed by atoms with Crippen LogP contribution in [0.15, 0.2) is 60.8 Å². The molecule has 0 aromatic carbocycles. The van der Waals surface area contributed by atoms with Crippen molar-refractivity contribution in [1.29, 1.82) is 0 Å². The molecule has 9 nitrogen and oxygen atoms in total. The summed E-state index contributed by atoms with van der Waals surface area (Å²) in [4.78, 5) is 35.4. The molecule has 0 aliphatic rings. The van der Waals surface area contributed by atoms with Crippen molar-refractivity contribution in [3.63, 3.8) is 0 Å². The summed E-state index contributed by atoms with van der Waals surface area (Å²) in [5.74, 6) is -0.814. The maximum atomic E-state index is 12.8. The van der Waals surface area contributed by atoms with E-state index >= 15 is 0 Å². The minimum Gasteiger partial charge on any atom is -0.462 e. The van der Waals surface area contributed by atoms with Gasteiger partial charge in [-0.2, -0.15) is 0 Å². The Kier molecular flexibility index (Phi) is 72.8. The third-order valence-electron chi connectivity index (χ3n) is 17.4. The van der Waals surface area contributed by atoms with Gasteiger partial charge >= 0.3 is 19.8 Å². The lowest BCUT2D eigenvalue weighted by atomic mass is 10.0. The second kappa shape index (κ2) is 74.7. The van der Waals surface area contributed by atoms with Crippen molar-refractivity contribution in [2.24, 2.45) is 5.73 Å². The van der Waals surface area contributed by atoms with E-state index in [2.05, 4.69) is 74.6 Å². The second-order valence-corrected chi connectivity index (χ2v) is 27.7. The number of rotatable bonds is 74. The Morgan fingerprint density at radius 1 is 0.348 bits per heavy atom. The number of unbranched alkanes of at least 4 members (excludes halogenated alkanes) is 51. The minimum absolute atomic E-state index is 0.0528. The average Bonchev–Trinajstić information content (AvgIpc) is 3.64. The van der Waals surface area contributed by atoms with E-state index in [9.17, 15) is 19.0 Å². The van der Waals surface area contributed by atoms with Crippen LogP contribution in [0.2, 0.25) is 0 Å². The third-order valence-corrected chi connectivity index (χ3v) is 18.4. The average molecular weight is 1270 g/mol. The van der Waals surface area contributed by atoms with E-state index in [-0.39, 0.29) is 38.6 Å². The Bertz CT molecular complexity index is 1640. The van der Waals surface area contributed by atoms with Gasteiger partial charge in [-0.3, -0.25) is 18.6 Å². The smallest absolute Gasteiger partial charge is 0.462 e. The largest absolute Gasteiger partial charge is 0.472 e. The Hall–Kier alpha value is -2.29. The van der Waals surface area contributed by atoms with Gasteiger partial charge in [0.15, 0.2) is 6.10 Å². The van der Waals surface area contributed by atoms with Gasteiger partial charge < -0.3 is 20.1 Å². The lowest BCUT2D eigenvalue weighted by Gasteiger charge is -2.19. The number of hydrogen-bond donors (Lipinski definition) is 2. The van der Waals surface area contributed by atoms with E-state index in [1.165, 1.54) is 289 Å². The number of phosphoric ester groups is 1. The molecule has 3 N–H and O–H groups in total. The fraction of sp³-hybridized carbons (Fsp3) is 0.848. The molecule has 2 atom stereocenters. The number of phosphoric acid groups is 1. The maximum Gasteiger partial charge on any atom is 0.472 e. The van der Waals surface area contributed by atoms with Gasteiger partial charge in [0, 0.05) is 19.4 Å². The Balaban J connectivity index is 3.74. The van der Waals surface area contributed by atoms with Crippen LogP contribution in [0.3, 0.4) is 0 Å². The van der Waals surface area contributed by atoms with Crippen molar-refractivity contribution in [3.05, 3.63) is 60.8 Å². The minimum atomic E-state index is -4.40. The number of ether oxygens (including phenoxy) is 2. The second-order valence-electron chi connectivity index (χ2n) is 26.2. The monoisotopic (exact) mass is 1270 g/mol. The number of carbonyl (C=O) groups is 2. The summed E-state index contributed by atoms with van der Waals surface area (Å²) in [5, 5.41) is 0. The molecule has 0 aliphatic carbocycles. The van der Waals surface area contributed by atoms with Crippen LogP contribution in [0.25, 0.3) is 0 Å². The number of esters is 2. The molecule has 0 aromatic heterocycles. The molecule has 0 amide bonds. The predicted octanol–water partition coefficient (Wildman–Crippen LogP) is 25.8. The molecule has 0 bridgehead atoms. The first-order valence-corrected chi connectivity index (χ1v) is 40.3. The summed E-state index contributed by atoms with van der Waals surface area (Å²) >= 11 is 0. The van der Waals surface area contributed by atoms with Gasteiger partial charge in [0.1, 0.15) is 6.61 Å². The normalized spacial score (nSPS) is 13.2. The van der Waals surface area contributed by atoms with E-state index in [1.54, 1.807) is 0 Å². The van der Waals surface area contributed by atoms with Crippen LogP contribution in [0, 0.1) is 0 Å². The Morgan fingerprint density at radius 2 is 0.618 bits per heavy atom. The molecular weight excluding hydrogens is 1120 g/mol. The van der Waals surface area contributed by atoms with Gasteiger partial charge in [-0.15, -0.1) is 0 Å². The first-order chi connectivity index (χ1) is 43.8. The topological polar surface area (TPSA) is 134 Å². The molecule has 0 aromatic rings. The molecular formula is C79H148NO8P. The molecule has 0 radical (unpaired) electrons. The van der Waals surface area contributed by atoms with Crippen LogP contribution in [-0.4, -0.2) is 49.3 Å². The molecule has 89 heavy (non-hydrogen) atoms. The highest BCUT2D eigenvalue weighted by molar-refractivity contribution is 7.47. The molecule has 0 spiro atoms. The van der Waals surface area contributed by atoms with Crippen LogP contribution in [0.4, 0.5) is 0 Å². The molecule has 10 heteroatoms. The van der Waals surface area contributed by atoms with Gasteiger partial charge in [0.2, 0.25) is 0 Å². The van der Waals surface area contributed by atoms with Crippen molar-refractivity contribution in [3.8, 4) is 0 Å². The molecule has 2 unspecified atom stereocenters. The summed E-state index contributed by atoms with van der Waals surface area (Å²) in [5.41, 5.74) is 5.41. The predicted molar refractivity (Wildman–Crippen MR) is 386 cm³/mol.